The van der Waals surface area contributed by atoms with Gasteiger partial charge < -0.3 is 14.4 Å². The number of aromatic nitrogens is 1. The fourth-order valence-corrected chi connectivity index (χ4v) is 1.47. The fraction of sp³-hybridized carbons (Fsp3) is 0.583. The molecular weight excluding hydrogens is 202 g/mol. The quantitative estimate of drug-likeness (QED) is 0.741. The van der Waals surface area contributed by atoms with Gasteiger partial charge in [0.15, 0.2) is 0 Å². The third-order valence-electron chi connectivity index (χ3n) is 2.63. The Hall–Kier alpha value is -1.29. The SMILES string of the molecule is CCn1cc(N(C)CCN(C)C)ccc1=O. The van der Waals surface area contributed by atoms with Gasteiger partial charge in [0, 0.05) is 38.9 Å². The third kappa shape index (κ3) is 3.38. The first kappa shape index (κ1) is 12.8. The second kappa shape index (κ2) is 5.70. The number of aryl methyl sites for hydroxylation is 1. The summed E-state index contributed by atoms with van der Waals surface area (Å²) in [5.74, 6) is 0. The van der Waals surface area contributed by atoms with Crippen LogP contribution in [0.15, 0.2) is 23.1 Å². The number of hydrogen-bond donors (Lipinski definition) is 0. The predicted octanol–water partition coefficient (Wildman–Crippen LogP) is 0.866. The summed E-state index contributed by atoms with van der Waals surface area (Å²) < 4.78 is 1.72. The molecule has 16 heavy (non-hydrogen) atoms. The first-order chi connectivity index (χ1) is 7.54. The lowest BCUT2D eigenvalue weighted by Gasteiger charge is -2.22. The molecule has 0 unspecified atom stereocenters. The normalized spacial score (nSPS) is 10.8. The van der Waals surface area contributed by atoms with Crippen molar-refractivity contribution in [1.29, 1.82) is 0 Å². The van der Waals surface area contributed by atoms with E-state index in [1.807, 2.05) is 26.2 Å². The average Bonchev–Trinajstić information content (AvgIpc) is 2.26. The molecule has 0 amide bonds. The van der Waals surface area contributed by atoms with Crippen LogP contribution in [0.4, 0.5) is 5.69 Å². The molecule has 4 heteroatoms. The molecule has 0 spiro atoms. The van der Waals surface area contributed by atoms with E-state index >= 15 is 0 Å². The molecule has 0 radical (unpaired) electrons. The summed E-state index contributed by atoms with van der Waals surface area (Å²) in [4.78, 5) is 15.7. The molecule has 0 fully saturated rings. The smallest absolute Gasteiger partial charge is 0.250 e. The van der Waals surface area contributed by atoms with Crippen molar-refractivity contribution < 1.29 is 0 Å². The Kier molecular flexibility index (Phi) is 4.55. The van der Waals surface area contributed by atoms with Gasteiger partial charge in [0.1, 0.15) is 0 Å². The van der Waals surface area contributed by atoms with E-state index in [9.17, 15) is 4.79 Å². The van der Waals surface area contributed by atoms with Gasteiger partial charge in [0.05, 0.1) is 5.69 Å². The van der Waals surface area contributed by atoms with E-state index in [4.69, 9.17) is 0 Å². The molecule has 1 rings (SSSR count). The van der Waals surface area contributed by atoms with Gasteiger partial charge in [-0.05, 0) is 27.1 Å². The van der Waals surface area contributed by atoms with Crippen LogP contribution in [0.3, 0.4) is 0 Å². The summed E-state index contributed by atoms with van der Waals surface area (Å²) in [6.07, 6.45) is 1.91. The molecule has 0 aliphatic rings. The number of hydrogen-bond acceptors (Lipinski definition) is 3. The van der Waals surface area contributed by atoms with Gasteiger partial charge in [-0.1, -0.05) is 0 Å². The van der Waals surface area contributed by atoms with E-state index in [1.54, 1.807) is 10.6 Å². The van der Waals surface area contributed by atoms with Gasteiger partial charge in [0.25, 0.3) is 5.56 Å². The Bertz CT molecular complexity index is 384. The maximum Gasteiger partial charge on any atom is 0.250 e. The van der Waals surface area contributed by atoms with Crippen LogP contribution >= 0.6 is 0 Å². The lowest BCUT2D eigenvalue weighted by Crippen LogP contribution is -2.29. The molecule has 0 N–H and O–H groups in total. The lowest BCUT2D eigenvalue weighted by atomic mass is 10.3. The summed E-state index contributed by atoms with van der Waals surface area (Å²) in [6.45, 7) is 4.65. The topological polar surface area (TPSA) is 28.5 Å². The van der Waals surface area contributed by atoms with E-state index < -0.39 is 0 Å². The minimum atomic E-state index is 0.0623. The third-order valence-corrected chi connectivity index (χ3v) is 2.63. The minimum absolute atomic E-state index is 0.0623. The van der Waals surface area contributed by atoms with Crippen molar-refractivity contribution in [2.75, 3.05) is 39.1 Å². The van der Waals surface area contributed by atoms with Crippen molar-refractivity contribution in [2.24, 2.45) is 0 Å². The Morgan fingerprint density at radius 3 is 2.44 bits per heavy atom. The Labute approximate surface area is 97.1 Å². The molecular formula is C12H21N3O. The van der Waals surface area contributed by atoms with Crippen LogP contribution in [0.5, 0.6) is 0 Å². The zero-order chi connectivity index (χ0) is 12.1. The van der Waals surface area contributed by atoms with Crippen molar-refractivity contribution in [2.45, 2.75) is 13.5 Å². The van der Waals surface area contributed by atoms with Crippen LogP contribution in [0, 0.1) is 0 Å². The lowest BCUT2D eigenvalue weighted by molar-refractivity contribution is 0.416. The predicted molar refractivity (Wildman–Crippen MR) is 68.2 cm³/mol. The van der Waals surface area contributed by atoms with Gasteiger partial charge in [-0.2, -0.15) is 0 Å². The van der Waals surface area contributed by atoms with Gasteiger partial charge >= 0.3 is 0 Å². The van der Waals surface area contributed by atoms with E-state index in [0.717, 1.165) is 18.8 Å². The summed E-state index contributed by atoms with van der Waals surface area (Å²) in [5.41, 5.74) is 1.15. The van der Waals surface area contributed by atoms with Crippen molar-refractivity contribution in [3.63, 3.8) is 0 Å². The van der Waals surface area contributed by atoms with E-state index in [-0.39, 0.29) is 5.56 Å². The minimum Gasteiger partial charge on any atom is -0.372 e. The van der Waals surface area contributed by atoms with E-state index in [0.29, 0.717) is 6.54 Å². The summed E-state index contributed by atoms with van der Waals surface area (Å²) in [5, 5.41) is 0. The van der Waals surface area contributed by atoms with Crippen molar-refractivity contribution in [3.05, 3.63) is 28.7 Å². The molecule has 0 aliphatic carbocycles. The number of anilines is 1. The number of nitrogens with zero attached hydrogens (tertiary/aromatic N) is 3. The van der Waals surface area contributed by atoms with Crippen LogP contribution in [-0.4, -0.2) is 43.7 Å². The van der Waals surface area contributed by atoms with Gasteiger partial charge in [-0.25, -0.2) is 0 Å². The molecule has 0 aliphatic heterocycles. The van der Waals surface area contributed by atoms with Crippen LogP contribution in [-0.2, 0) is 6.54 Å². The highest BCUT2D eigenvalue weighted by Gasteiger charge is 2.03. The molecule has 1 heterocycles. The monoisotopic (exact) mass is 223 g/mol. The van der Waals surface area contributed by atoms with Gasteiger partial charge in [-0.3, -0.25) is 4.79 Å². The van der Waals surface area contributed by atoms with Crippen LogP contribution in [0.25, 0.3) is 0 Å². The number of likely N-dealkylation sites (N-methyl/N-ethyl adjacent to an activating group) is 2. The zero-order valence-corrected chi connectivity index (χ0v) is 10.6. The summed E-state index contributed by atoms with van der Waals surface area (Å²) in [7, 11) is 6.16. The van der Waals surface area contributed by atoms with Crippen LogP contribution in [0.1, 0.15) is 6.92 Å². The molecule has 0 atom stereocenters. The molecule has 1 aromatic heterocycles. The molecule has 0 bridgehead atoms. The fourth-order valence-electron chi connectivity index (χ4n) is 1.47. The molecule has 0 aromatic carbocycles. The molecule has 4 nitrogen and oxygen atoms in total. The second-order valence-corrected chi connectivity index (χ2v) is 4.24. The molecule has 0 saturated carbocycles. The Morgan fingerprint density at radius 2 is 1.88 bits per heavy atom. The zero-order valence-electron chi connectivity index (χ0n) is 10.6. The largest absolute Gasteiger partial charge is 0.372 e. The molecule has 0 saturated heterocycles. The second-order valence-electron chi connectivity index (χ2n) is 4.24. The Balaban J connectivity index is 2.75. The van der Waals surface area contributed by atoms with Gasteiger partial charge in [-0.15, -0.1) is 0 Å². The maximum atomic E-state index is 11.4. The molecule has 90 valence electrons. The van der Waals surface area contributed by atoms with Gasteiger partial charge in [0.2, 0.25) is 0 Å². The van der Waals surface area contributed by atoms with E-state index in [1.165, 1.54) is 0 Å². The van der Waals surface area contributed by atoms with Crippen molar-refractivity contribution in [3.8, 4) is 0 Å². The highest BCUT2D eigenvalue weighted by Crippen LogP contribution is 2.08. The highest BCUT2D eigenvalue weighted by molar-refractivity contribution is 5.42. The number of pyridine rings is 1. The van der Waals surface area contributed by atoms with Crippen LogP contribution in [0.2, 0.25) is 0 Å². The van der Waals surface area contributed by atoms with Crippen molar-refractivity contribution >= 4 is 5.69 Å². The van der Waals surface area contributed by atoms with E-state index in [2.05, 4.69) is 23.9 Å². The van der Waals surface area contributed by atoms with Crippen molar-refractivity contribution in [1.82, 2.24) is 9.47 Å². The highest BCUT2D eigenvalue weighted by atomic mass is 16.1. The summed E-state index contributed by atoms with van der Waals surface area (Å²) >= 11 is 0. The van der Waals surface area contributed by atoms with Crippen LogP contribution < -0.4 is 10.5 Å². The Morgan fingerprint density at radius 1 is 1.19 bits per heavy atom. The first-order valence-electron chi connectivity index (χ1n) is 5.61. The molecule has 1 aromatic rings. The average molecular weight is 223 g/mol. The standard InChI is InChI=1S/C12H21N3O/c1-5-15-10-11(6-7-12(15)16)14(4)9-8-13(2)3/h6-7,10H,5,8-9H2,1-4H3. The first-order valence-corrected chi connectivity index (χ1v) is 5.61. The summed E-state index contributed by atoms with van der Waals surface area (Å²) in [6, 6.07) is 3.51. The maximum absolute atomic E-state index is 11.4. The number of rotatable bonds is 5.